The van der Waals surface area contributed by atoms with E-state index < -0.39 is 23.9 Å². The van der Waals surface area contributed by atoms with Gasteiger partial charge in [0, 0.05) is 54.0 Å². The minimum absolute atomic E-state index is 0.175. The van der Waals surface area contributed by atoms with Gasteiger partial charge in [0.25, 0.3) is 11.8 Å². The lowest BCUT2D eigenvalue weighted by atomic mass is 10.0. The summed E-state index contributed by atoms with van der Waals surface area (Å²) in [5, 5.41) is 3.40. The van der Waals surface area contributed by atoms with Crippen LogP contribution in [-0.4, -0.2) is 51.9 Å². The molecule has 2 amide bonds. The van der Waals surface area contributed by atoms with Crippen LogP contribution >= 0.6 is 11.3 Å². The lowest BCUT2D eigenvalue weighted by Gasteiger charge is -2.31. The van der Waals surface area contributed by atoms with Crippen LogP contribution in [0.3, 0.4) is 0 Å². The van der Waals surface area contributed by atoms with Crippen LogP contribution in [0.5, 0.6) is 5.75 Å². The van der Waals surface area contributed by atoms with Crippen molar-refractivity contribution < 1.29 is 27.5 Å². The van der Waals surface area contributed by atoms with Crippen molar-refractivity contribution in [3.05, 3.63) is 88.8 Å². The molecule has 2 aliphatic rings. The highest BCUT2D eigenvalue weighted by Gasteiger charge is 2.35. The summed E-state index contributed by atoms with van der Waals surface area (Å²) in [6.45, 7) is 3.58. The van der Waals surface area contributed by atoms with Gasteiger partial charge in [-0.15, -0.1) is 11.3 Å². The number of hydrogen-bond acceptors (Lipinski definition) is 8. The molecule has 1 atom stereocenters. The number of thiazole rings is 1. The van der Waals surface area contributed by atoms with Crippen molar-refractivity contribution in [1.82, 2.24) is 25.2 Å². The Labute approximate surface area is 237 Å². The van der Waals surface area contributed by atoms with Crippen molar-refractivity contribution in [2.75, 3.05) is 25.1 Å². The number of carbonyl (C=O) groups is 2. The molecule has 0 fully saturated rings. The number of alkyl halides is 3. The Morgan fingerprint density at radius 2 is 1.93 bits per heavy atom. The van der Waals surface area contributed by atoms with Gasteiger partial charge in [-0.2, -0.15) is 13.2 Å². The van der Waals surface area contributed by atoms with E-state index in [0.717, 1.165) is 22.8 Å². The number of halogens is 3. The van der Waals surface area contributed by atoms with Crippen molar-refractivity contribution in [3.63, 3.8) is 0 Å². The number of aromatic nitrogens is 3. The van der Waals surface area contributed by atoms with Gasteiger partial charge >= 0.3 is 6.18 Å². The molecule has 13 heteroatoms. The van der Waals surface area contributed by atoms with Gasteiger partial charge < -0.3 is 19.9 Å². The zero-order valence-electron chi connectivity index (χ0n) is 22.3. The molecule has 1 aromatic carbocycles. The minimum atomic E-state index is -4.67. The van der Waals surface area contributed by atoms with Crippen LogP contribution in [0.15, 0.2) is 66.9 Å². The molecular weight excluding hydrogens is 557 g/mol. The zero-order valence-corrected chi connectivity index (χ0v) is 23.1. The van der Waals surface area contributed by atoms with Crippen molar-refractivity contribution in [3.8, 4) is 16.3 Å². The smallest absolute Gasteiger partial charge is 0.451 e. The predicted molar refractivity (Wildman–Crippen MR) is 147 cm³/mol. The number of rotatable bonds is 6. The van der Waals surface area contributed by atoms with Crippen LogP contribution in [0, 0.1) is 6.92 Å². The summed E-state index contributed by atoms with van der Waals surface area (Å²) in [7, 11) is 1.88. The lowest BCUT2D eigenvalue weighted by Crippen LogP contribution is -2.40. The zero-order chi connectivity index (χ0) is 29.3. The predicted octanol–water partition coefficient (Wildman–Crippen LogP) is 5.04. The van der Waals surface area contributed by atoms with E-state index in [2.05, 4.69) is 20.3 Å². The summed E-state index contributed by atoms with van der Waals surface area (Å²) in [6.07, 6.45) is 8.55. The minimum Gasteiger partial charge on any atom is -0.481 e. The number of nitrogens with one attached hydrogen (secondary N) is 1. The Morgan fingerprint density at radius 1 is 1.17 bits per heavy atom. The van der Waals surface area contributed by atoms with Crippen LogP contribution in [0.4, 0.5) is 18.9 Å². The number of nitrogens with zero attached hydrogens (tertiary/aromatic N) is 5. The van der Waals surface area contributed by atoms with Crippen LogP contribution in [0.1, 0.15) is 39.6 Å². The van der Waals surface area contributed by atoms with Crippen molar-refractivity contribution >= 4 is 28.8 Å². The number of amides is 2. The number of allylic oxidation sites excluding steroid dienone is 2. The van der Waals surface area contributed by atoms with E-state index in [0.29, 0.717) is 27.6 Å². The normalized spacial score (nSPS) is 15.7. The molecule has 0 spiro atoms. The average molecular weight is 583 g/mol. The second kappa shape index (κ2) is 11.2. The quantitative estimate of drug-likeness (QED) is 0.435. The Balaban J connectivity index is 1.50. The van der Waals surface area contributed by atoms with Gasteiger partial charge in [0.05, 0.1) is 23.8 Å². The first-order valence-electron chi connectivity index (χ1n) is 12.5. The summed E-state index contributed by atoms with van der Waals surface area (Å²) >= 11 is 1.42. The maximum absolute atomic E-state index is 13.5. The van der Waals surface area contributed by atoms with E-state index >= 15 is 0 Å². The standard InChI is InChI=1S/C28H25F3N6O3S/c1-16-10-32-26(41-16)21-8-19(25(39)35-17(2)20-11-33-27(34-12-20)28(29,30)31)9-22-24(21)40-15-23(38)37(22)14-18-6-4-5-7-36(3)13-18/h4-13,17H,14-15H2,1-3H3,(H,35,39). The molecule has 4 heterocycles. The molecule has 0 saturated carbocycles. The molecule has 9 nitrogen and oxygen atoms in total. The monoisotopic (exact) mass is 582 g/mol. The van der Waals surface area contributed by atoms with E-state index in [9.17, 15) is 22.8 Å². The molecule has 2 aromatic heterocycles. The highest BCUT2D eigenvalue weighted by molar-refractivity contribution is 7.15. The van der Waals surface area contributed by atoms with Crippen molar-refractivity contribution in [2.45, 2.75) is 26.1 Å². The number of hydrogen-bond donors (Lipinski definition) is 1. The Bertz CT molecular complexity index is 1580. The molecule has 0 saturated heterocycles. The molecule has 1 N–H and O–H groups in total. The summed E-state index contributed by atoms with van der Waals surface area (Å²) in [5.74, 6) is -1.61. The largest absolute Gasteiger partial charge is 0.481 e. The fourth-order valence-corrected chi connectivity index (χ4v) is 5.09. The number of ether oxygens (including phenoxy) is 1. The molecular formula is C28H25F3N6O3S. The molecule has 1 unspecified atom stereocenters. The van der Waals surface area contributed by atoms with Gasteiger partial charge in [-0.25, -0.2) is 15.0 Å². The van der Waals surface area contributed by atoms with Crippen LogP contribution < -0.4 is 15.0 Å². The molecule has 0 bridgehead atoms. The Hall–Kier alpha value is -4.52. The molecule has 0 radical (unpaired) electrons. The van der Waals surface area contributed by atoms with E-state index in [1.54, 1.807) is 30.2 Å². The number of fused-ring (bicyclic) bond motifs is 1. The Kier molecular flexibility index (Phi) is 7.63. The second-order valence-electron chi connectivity index (χ2n) is 9.52. The lowest BCUT2D eigenvalue weighted by molar-refractivity contribution is -0.145. The van der Waals surface area contributed by atoms with E-state index in [1.807, 2.05) is 49.5 Å². The fraction of sp³-hybridized carbons (Fsp3) is 0.250. The third kappa shape index (κ3) is 6.14. The molecule has 212 valence electrons. The molecule has 3 aromatic rings. The van der Waals surface area contributed by atoms with Crippen LogP contribution in [-0.2, 0) is 11.0 Å². The first-order chi connectivity index (χ1) is 19.5. The maximum Gasteiger partial charge on any atom is 0.451 e. The highest BCUT2D eigenvalue weighted by Crippen LogP contribution is 2.43. The van der Waals surface area contributed by atoms with E-state index in [-0.39, 0.29) is 24.6 Å². The number of carbonyl (C=O) groups excluding carboxylic acids is 2. The van der Waals surface area contributed by atoms with Crippen molar-refractivity contribution in [1.29, 1.82) is 0 Å². The summed E-state index contributed by atoms with van der Waals surface area (Å²) < 4.78 is 44.5. The molecule has 41 heavy (non-hydrogen) atoms. The first-order valence-corrected chi connectivity index (χ1v) is 13.3. The van der Waals surface area contributed by atoms with E-state index in [4.69, 9.17) is 4.74 Å². The third-order valence-electron chi connectivity index (χ3n) is 6.34. The second-order valence-corrected chi connectivity index (χ2v) is 10.8. The SMILES string of the molecule is Cc1cnc(-c2cc(C(=O)NC(C)c3cnc(C(F)(F)F)nc3)cc3c2OCC(=O)N3CC2=CN(C)C=CC=C2)s1. The highest BCUT2D eigenvalue weighted by atomic mass is 32.1. The summed E-state index contributed by atoms with van der Waals surface area (Å²) in [5.41, 5.74) is 2.34. The molecule has 2 aliphatic heterocycles. The number of aryl methyl sites for hydroxylation is 1. The summed E-state index contributed by atoms with van der Waals surface area (Å²) in [4.78, 5) is 42.2. The molecule has 0 aliphatic carbocycles. The average Bonchev–Trinajstić information content (AvgIpc) is 3.26. The van der Waals surface area contributed by atoms with Crippen LogP contribution in [0.25, 0.3) is 10.6 Å². The summed E-state index contributed by atoms with van der Waals surface area (Å²) in [6, 6.07) is 2.51. The van der Waals surface area contributed by atoms with Crippen LogP contribution in [0.2, 0.25) is 0 Å². The maximum atomic E-state index is 13.5. The van der Waals surface area contributed by atoms with Crippen molar-refractivity contribution in [2.24, 2.45) is 0 Å². The van der Waals surface area contributed by atoms with Gasteiger partial charge in [-0.3, -0.25) is 9.59 Å². The van der Waals surface area contributed by atoms with Gasteiger partial charge in [0.15, 0.2) is 12.4 Å². The van der Waals surface area contributed by atoms with Gasteiger partial charge in [-0.1, -0.05) is 12.2 Å². The fourth-order valence-electron chi connectivity index (χ4n) is 4.31. The van der Waals surface area contributed by atoms with E-state index in [1.165, 1.54) is 11.3 Å². The topological polar surface area (TPSA) is 101 Å². The first kappa shape index (κ1) is 28.0. The van der Waals surface area contributed by atoms with Gasteiger partial charge in [0.2, 0.25) is 5.82 Å². The Morgan fingerprint density at radius 3 is 2.61 bits per heavy atom. The number of anilines is 1. The third-order valence-corrected chi connectivity index (χ3v) is 7.29. The molecule has 5 rings (SSSR count). The van der Waals surface area contributed by atoms with Gasteiger partial charge in [0.1, 0.15) is 5.01 Å². The number of benzene rings is 1. The van der Waals surface area contributed by atoms with Gasteiger partial charge in [-0.05, 0) is 37.6 Å².